The minimum absolute atomic E-state index is 0.0676. The Morgan fingerprint density at radius 2 is 1.62 bits per heavy atom. The van der Waals surface area contributed by atoms with Crippen LogP contribution in [-0.2, 0) is 21.0 Å². The number of sulfonamides is 1. The van der Waals surface area contributed by atoms with E-state index in [-0.39, 0.29) is 21.2 Å². The molecule has 3 rings (SSSR count). The van der Waals surface area contributed by atoms with Crippen molar-refractivity contribution in [2.75, 3.05) is 11.3 Å². The first-order chi connectivity index (χ1) is 15.8. The van der Waals surface area contributed by atoms with Gasteiger partial charge in [-0.05, 0) is 48.9 Å². The van der Waals surface area contributed by atoms with Crippen LogP contribution in [0.25, 0.3) is 10.4 Å². The predicted molar refractivity (Wildman–Crippen MR) is 117 cm³/mol. The molecule has 0 saturated heterocycles. The molecule has 34 heavy (non-hydrogen) atoms. The highest BCUT2D eigenvalue weighted by molar-refractivity contribution is 7.92. The van der Waals surface area contributed by atoms with Crippen LogP contribution in [-0.4, -0.2) is 37.2 Å². The fraction of sp³-hybridized carbons (Fsp3) is 0.143. The summed E-state index contributed by atoms with van der Waals surface area (Å²) in [6, 6.07) is 8.85. The summed E-state index contributed by atoms with van der Waals surface area (Å²) in [7, 11) is -4.16. The number of carbonyl (C=O) groups is 2. The number of nitrogens with one attached hydrogen (secondary N) is 1. The normalized spacial score (nSPS) is 11.8. The van der Waals surface area contributed by atoms with Gasteiger partial charge in [0.2, 0.25) is 0 Å². The summed E-state index contributed by atoms with van der Waals surface area (Å²) in [6.07, 6.45) is -4.59. The Labute approximate surface area is 195 Å². The second-order valence-electron chi connectivity index (χ2n) is 6.91. The van der Waals surface area contributed by atoms with Gasteiger partial charge in [0.15, 0.2) is 11.5 Å². The van der Waals surface area contributed by atoms with Gasteiger partial charge in [-0.15, -0.1) is 11.3 Å². The number of alkyl halides is 3. The van der Waals surface area contributed by atoms with Gasteiger partial charge >= 0.3 is 18.1 Å². The minimum atomic E-state index is -4.59. The second-order valence-corrected chi connectivity index (χ2v) is 9.61. The molecule has 0 atom stereocenters. The number of aliphatic carboxylic acids is 1. The number of carboxylic acids is 2. The Morgan fingerprint density at radius 1 is 1.03 bits per heavy atom. The molecule has 0 unspecified atom stereocenters. The molecule has 0 aliphatic carbocycles. The molecule has 0 bridgehead atoms. The van der Waals surface area contributed by atoms with E-state index in [1.807, 2.05) is 0 Å². The lowest BCUT2D eigenvalue weighted by Gasteiger charge is -2.11. The van der Waals surface area contributed by atoms with Gasteiger partial charge in [0.05, 0.1) is 10.5 Å². The summed E-state index contributed by atoms with van der Waals surface area (Å²) in [5, 5.41) is 18.2. The molecule has 1 aromatic heterocycles. The lowest BCUT2D eigenvalue weighted by Crippen LogP contribution is -2.13. The zero-order valence-corrected chi connectivity index (χ0v) is 18.8. The maximum Gasteiger partial charge on any atom is 0.416 e. The van der Waals surface area contributed by atoms with Gasteiger partial charge in [0.1, 0.15) is 5.75 Å². The van der Waals surface area contributed by atoms with E-state index in [0.717, 1.165) is 23.5 Å². The maximum absolute atomic E-state index is 12.7. The molecule has 0 fully saturated rings. The van der Waals surface area contributed by atoms with Crippen molar-refractivity contribution in [1.29, 1.82) is 0 Å². The van der Waals surface area contributed by atoms with Crippen molar-refractivity contribution in [3.8, 4) is 16.2 Å². The van der Waals surface area contributed by atoms with E-state index in [1.54, 1.807) is 6.92 Å². The Morgan fingerprint density at radius 3 is 2.12 bits per heavy atom. The molecular weight excluding hydrogens is 499 g/mol. The smallest absolute Gasteiger partial charge is 0.416 e. The Balaban J connectivity index is 1.84. The number of rotatable bonds is 8. The molecule has 180 valence electrons. The van der Waals surface area contributed by atoms with E-state index in [2.05, 4.69) is 4.72 Å². The molecule has 8 nitrogen and oxygen atoms in total. The molecular formula is C21H16F3NO7S2. The zero-order chi connectivity index (χ0) is 25.3. The molecule has 3 aromatic rings. The highest BCUT2D eigenvalue weighted by Crippen LogP contribution is 2.41. The van der Waals surface area contributed by atoms with E-state index < -0.39 is 40.3 Å². The monoisotopic (exact) mass is 515 g/mol. The Kier molecular flexibility index (Phi) is 6.89. The largest absolute Gasteiger partial charge is 0.480 e. The third-order valence-electron chi connectivity index (χ3n) is 4.52. The lowest BCUT2D eigenvalue weighted by atomic mass is 10.1. The third kappa shape index (κ3) is 5.48. The van der Waals surface area contributed by atoms with Crippen molar-refractivity contribution in [3.63, 3.8) is 0 Å². The number of aromatic carboxylic acids is 1. The fourth-order valence-electron chi connectivity index (χ4n) is 2.95. The van der Waals surface area contributed by atoms with Gasteiger partial charge < -0.3 is 14.9 Å². The predicted octanol–water partition coefficient (Wildman–Crippen LogP) is 4.70. The van der Waals surface area contributed by atoms with E-state index in [4.69, 9.17) is 9.84 Å². The number of hydrogen-bond acceptors (Lipinski definition) is 6. The van der Waals surface area contributed by atoms with Crippen LogP contribution in [0.4, 0.5) is 18.9 Å². The number of ether oxygens (including phenoxy) is 1. The van der Waals surface area contributed by atoms with Gasteiger partial charge in [0, 0.05) is 16.1 Å². The summed E-state index contributed by atoms with van der Waals surface area (Å²) in [6.45, 7) is 0.846. The van der Waals surface area contributed by atoms with E-state index in [9.17, 15) is 36.3 Å². The van der Waals surface area contributed by atoms with Crippen LogP contribution < -0.4 is 9.46 Å². The van der Waals surface area contributed by atoms with Crippen LogP contribution in [0.15, 0.2) is 53.4 Å². The topological polar surface area (TPSA) is 130 Å². The highest BCUT2D eigenvalue weighted by Gasteiger charge is 2.30. The molecule has 0 aliphatic rings. The van der Waals surface area contributed by atoms with Crippen LogP contribution in [0.3, 0.4) is 0 Å². The number of anilines is 1. The molecule has 0 amide bonds. The number of thiophene rings is 1. The molecule has 0 radical (unpaired) electrons. The molecule has 0 spiro atoms. The first-order valence-corrected chi connectivity index (χ1v) is 11.6. The molecule has 0 saturated carbocycles. The molecule has 3 N–H and O–H groups in total. The average Bonchev–Trinajstić information content (AvgIpc) is 3.08. The van der Waals surface area contributed by atoms with Crippen LogP contribution >= 0.6 is 11.3 Å². The van der Waals surface area contributed by atoms with Crippen LogP contribution in [0, 0.1) is 6.92 Å². The number of halogens is 3. The molecule has 2 aromatic carbocycles. The molecule has 13 heteroatoms. The first kappa shape index (κ1) is 25.1. The van der Waals surface area contributed by atoms with Crippen LogP contribution in [0.1, 0.15) is 20.8 Å². The van der Waals surface area contributed by atoms with Gasteiger partial charge in [-0.25, -0.2) is 18.0 Å². The maximum atomic E-state index is 12.7. The van der Waals surface area contributed by atoms with E-state index in [0.29, 0.717) is 28.1 Å². The quantitative estimate of drug-likeness (QED) is 0.396. The zero-order valence-electron chi connectivity index (χ0n) is 17.2. The van der Waals surface area contributed by atoms with Gasteiger partial charge in [-0.1, -0.05) is 12.1 Å². The number of benzene rings is 2. The van der Waals surface area contributed by atoms with Crippen molar-refractivity contribution in [2.24, 2.45) is 0 Å². The first-order valence-electron chi connectivity index (χ1n) is 9.31. The van der Waals surface area contributed by atoms with Crippen LogP contribution in [0.5, 0.6) is 5.75 Å². The van der Waals surface area contributed by atoms with Crippen LogP contribution in [0.2, 0.25) is 0 Å². The summed E-state index contributed by atoms with van der Waals surface area (Å²) < 4.78 is 70.5. The lowest BCUT2D eigenvalue weighted by molar-refractivity contribution is -0.139. The highest BCUT2D eigenvalue weighted by atomic mass is 32.2. The number of hydrogen-bond donors (Lipinski definition) is 3. The Hall–Kier alpha value is -3.58. The van der Waals surface area contributed by atoms with Gasteiger partial charge in [-0.3, -0.25) is 4.72 Å². The van der Waals surface area contributed by atoms with Gasteiger partial charge in [0.25, 0.3) is 10.0 Å². The summed E-state index contributed by atoms with van der Waals surface area (Å²) in [5.74, 6) is -2.63. The van der Waals surface area contributed by atoms with Crippen molar-refractivity contribution < 1.29 is 46.1 Å². The molecule has 1 heterocycles. The fourth-order valence-corrected chi connectivity index (χ4v) is 5.10. The van der Waals surface area contributed by atoms with Gasteiger partial charge in [-0.2, -0.15) is 13.2 Å². The van der Waals surface area contributed by atoms with Crippen molar-refractivity contribution in [1.82, 2.24) is 0 Å². The Bertz CT molecular complexity index is 1330. The SMILES string of the molecule is Cc1c(-c2ccc(NS(=O)(=O)c3ccc(C(F)(F)F)cc3)cc2)sc(C(=O)O)c1OCC(=O)O. The summed E-state index contributed by atoms with van der Waals surface area (Å²) in [5.41, 5.74) is 0.0719. The third-order valence-corrected chi connectivity index (χ3v) is 7.22. The van der Waals surface area contributed by atoms with Crippen molar-refractivity contribution in [2.45, 2.75) is 18.0 Å². The van der Waals surface area contributed by atoms with E-state index in [1.165, 1.54) is 24.3 Å². The van der Waals surface area contributed by atoms with Crippen molar-refractivity contribution >= 4 is 39.0 Å². The van der Waals surface area contributed by atoms with Crippen molar-refractivity contribution in [3.05, 3.63) is 64.5 Å². The average molecular weight is 515 g/mol. The molecule has 0 aliphatic heterocycles. The van der Waals surface area contributed by atoms with E-state index >= 15 is 0 Å². The summed E-state index contributed by atoms with van der Waals surface area (Å²) >= 11 is 0.870. The number of carboxylic acid groups (broad SMARTS) is 2. The second kappa shape index (κ2) is 9.35. The summed E-state index contributed by atoms with van der Waals surface area (Å²) in [4.78, 5) is 22.3. The standard InChI is InChI=1S/C21H16F3NO7S2/c1-11-17(32-10-16(26)27)19(20(28)29)33-18(11)12-2-6-14(7-3-12)25-34(30,31)15-8-4-13(5-9-15)21(22,23)24/h2-9,25H,10H2,1H3,(H,26,27)(H,28,29). The minimum Gasteiger partial charge on any atom is -0.480 e.